The maximum atomic E-state index is 12.5. The molecule has 2 rings (SSSR count). The van der Waals surface area contributed by atoms with Crippen molar-refractivity contribution in [3.63, 3.8) is 0 Å². The minimum absolute atomic E-state index is 0.0534. The van der Waals surface area contributed by atoms with Crippen LogP contribution in [0.4, 0.5) is 13.2 Å². The standard InChI is InChI=1S/C18H15F3N4O3/c1-3-25-16(27)13(8-22)10(2)14(17(25)28)9-23-24-15(26)11-4-6-12(7-5-11)18(19,20)21/h4-7,9,28H,3H2,1-2H3,(H,24,26)/b23-9+. The van der Waals surface area contributed by atoms with E-state index in [2.05, 4.69) is 10.5 Å². The van der Waals surface area contributed by atoms with Gasteiger partial charge in [-0.2, -0.15) is 23.5 Å². The zero-order valence-corrected chi connectivity index (χ0v) is 14.8. The molecule has 1 heterocycles. The van der Waals surface area contributed by atoms with Crippen molar-refractivity contribution in [3.8, 4) is 11.9 Å². The molecular weight excluding hydrogens is 377 g/mol. The monoisotopic (exact) mass is 392 g/mol. The second-order valence-electron chi connectivity index (χ2n) is 5.67. The van der Waals surface area contributed by atoms with Crippen LogP contribution in [-0.4, -0.2) is 21.8 Å². The summed E-state index contributed by atoms with van der Waals surface area (Å²) in [5, 5.41) is 23.0. The highest BCUT2D eigenvalue weighted by Crippen LogP contribution is 2.29. The Hall–Kier alpha value is -3.61. The number of hydrogen-bond donors (Lipinski definition) is 2. The second kappa shape index (κ2) is 7.96. The van der Waals surface area contributed by atoms with Gasteiger partial charge in [0.15, 0.2) is 0 Å². The largest absolute Gasteiger partial charge is 0.494 e. The molecule has 2 N–H and O–H groups in total. The molecule has 0 aliphatic heterocycles. The Morgan fingerprint density at radius 1 is 1.36 bits per heavy atom. The Bertz CT molecular complexity index is 1030. The number of carbonyl (C=O) groups excluding carboxylic acids is 1. The minimum atomic E-state index is -4.51. The van der Waals surface area contributed by atoms with E-state index in [0.29, 0.717) is 0 Å². The molecule has 0 saturated heterocycles. The predicted molar refractivity (Wildman–Crippen MR) is 94.0 cm³/mol. The highest BCUT2D eigenvalue weighted by Gasteiger charge is 2.30. The van der Waals surface area contributed by atoms with Crippen LogP contribution >= 0.6 is 0 Å². The highest BCUT2D eigenvalue weighted by molar-refractivity contribution is 5.95. The van der Waals surface area contributed by atoms with Crippen LogP contribution in [-0.2, 0) is 12.7 Å². The maximum Gasteiger partial charge on any atom is 0.416 e. The summed E-state index contributed by atoms with van der Waals surface area (Å²) in [5.41, 5.74) is 0.599. The first kappa shape index (κ1) is 20.7. The quantitative estimate of drug-likeness (QED) is 0.616. The topological polar surface area (TPSA) is 107 Å². The molecule has 0 spiro atoms. The molecule has 28 heavy (non-hydrogen) atoms. The van der Waals surface area contributed by atoms with Gasteiger partial charge in [-0.25, -0.2) is 5.43 Å². The third kappa shape index (κ3) is 4.03. The number of halogens is 3. The van der Waals surface area contributed by atoms with Crippen molar-refractivity contribution >= 4 is 12.1 Å². The summed E-state index contributed by atoms with van der Waals surface area (Å²) in [4.78, 5) is 24.1. The van der Waals surface area contributed by atoms with Crippen LogP contribution in [0.15, 0.2) is 34.2 Å². The molecule has 0 aliphatic carbocycles. The Balaban J connectivity index is 2.27. The van der Waals surface area contributed by atoms with Gasteiger partial charge in [0.1, 0.15) is 11.6 Å². The van der Waals surface area contributed by atoms with Gasteiger partial charge in [0.2, 0.25) is 5.88 Å². The average Bonchev–Trinajstić information content (AvgIpc) is 2.64. The summed E-state index contributed by atoms with van der Waals surface area (Å²) in [5.74, 6) is -1.19. The van der Waals surface area contributed by atoms with Crippen molar-refractivity contribution < 1.29 is 23.1 Å². The van der Waals surface area contributed by atoms with Gasteiger partial charge in [-0.1, -0.05) is 0 Å². The fourth-order valence-electron chi connectivity index (χ4n) is 2.45. The normalized spacial score (nSPS) is 11.4. The predicted octanol–water partition coefficient (Wildman–Crippen LogP) is 2.54. The average molecular weight is 392 g/mol. The maximum absolute atomic E-state index is 12.5. The number of aromatic nitrogens is 1. The molecule has 0 bridgehead atoms. The van der Waals surface area contributed by atoms with E-state index < -0.39 is 29.1 Å². The summed E-state index contributed by atoms with van der Waals surface area (Å²) in [6, 6.07) is 5.30. The smallest absolute Gasteiger partial charge is 0.416 e. The molecule has 7 nitrogen and oxygen atoms in total. The number of amides is 1. The molecule has 0 unspecified atom stereocenters. The van der Waals surface area contributed by atoms with Crippen molar-refractivity contribution in [2.24, 2.45) is 5.10 Å². The number of pyridine rings is 1. The molecule has 2 aromatic rings. The Morgan fingerprint density at radius 2 is 1.96 bits per heavy atom. The fourth-order valence-corrected chi connectivity index (χ4v) is 2.45. The number of nitrogens with one attached hydrogen (secondary N) is 1. The lowest BCUT2D eigenvalue weighted by Crippen LogP contribution is -2.25. The van der Waals surface area contributed by atoms with Crippen molar-refractivity contribution in [1.82, 2.24) is 9.99 Å². The van der Waals surface area contributed by atoms with E-state index >= 15 is 0 Å². The zero-order chi connectivity index (χ0) is 21.1. The Morgan fingerprint density at radius 3 is 2.46 bits per heavy atom. The van der Waals surface area contributed by atoms with Crippen LogP contribution < -0.4 is 11.0 Å². The van der Waals surface area contributed by atoms with E-state index in [-0.39, 0.29) is 28.8 Å². The first-order valence-electron chi connectivity index (χ1n) is 7.98. The lowest BCUT2D eigenvalue weighted by atomic mass is 10.1. The third-order valence-electron chi connectivity index (χ3n) is 4.00. The lowest BCUT2D eigenvalue weighted by molar-refractivity contribution is -0.137. The van der Waals surface area contributed by atoms with Gasteiger partial charge in [-0.05, 0) is 43.7 Å². The zero-order valence-electron chi connectivity index (χ0n) is 14.8. The molecule has 146 valence electrons. The van der Waals surface area contributed by atoms with Crippen LogP contribution in [0.5, 0.6) is 5.88 Å². The minimum Gasteiger partial charge on any atom is -0.494 e. The molecule has 10 heteroatoms. The number of carbonyl (C=O) groups is 1. The molecule has 0 radical (unpaired) electrons. The van der Waals surface area contributed by atoms with E-state index in [4.69, 9.17) is 5.26 Å². The van der Waals surface area contributed by atoms with Gasteiger partial charge < -0.3 is 5.11 Å². The molecule has 1 aromatic heterocycles. The van der Waals surface area contributed by atoms with Gasteiger partial charge in [0.25, 0.3) is 11.5 Å². The molecule has 1 aromatic carbocycles. The molecule has 0 saturated carbocycles. The SMILES string of the molecule is CCn1c(O)c(/C=N/NC(=O)c2ccc(C(F)(F)F)cc2)c(C)c(C#N)c1=O. The van der Waals surface area contributed by atoms with E-state index in [1.165, 1.54) is 6.92 Å². The van der Waals surface area contributed by atoms with Crippen molar-refractivity contribution in [2.75, 3.05) is 0 Å². The Kier molecular flexibility index (Phi) is 5.88. The van der Waals surface area contributed by atoms with Crippen LogP contribution in [0.1, 0.15) is 39.5 Å². The number of nitrogens with zero attached hydrogens (tertiary/aromatic N) is 3. The molecule has 0 aliphatic rings. The van der Waals surface area contributed by atoms with Crippen LogP contribution in [0, 0.1) is 18.3 Å². The Labute approximate surface area is 157 Å². The van der Waals surface area contributed by atoms with E-state index in [1.54, 1.807) is 13.0 Å². The number of aromatic hydroxyl groups is 1. The van der Waals surface area contributed by atoms with Gasteiger partial charge in [0.05, 0.1) is 17.3 Å². The first-order chi connectivity index (χ1) is 13.1. The van der Waals surface area contributed by atoms with Crippen LogP contribution in [0.25, 0.3) is 0 Å². The number of benzene rings is 1. The van der Waals surface area contributed by atoms with Crippen molar-refractivity contribution in [1.29, 1.82) is 5.26 Å². The highest BCUT2D eigenvalue weighted by atomic mass is 19.4. The van der Waals surface area contributed by atoms with Crippen molar-refractivity contribution in [2.45, 2.75) is 26.6 Å². The van der Waals surface area contributed by atoms with Crippen molar-refractivity contribution in [3.05, 3.63) is 62.4 Å². The summed E-state index contributed by atoms with van der Waals surface area (Å²) < 4.78 is 38.6. The summed E-state index contributed by atoms with van der Waals surface area (Å²) in [7, 11) is 0. The summed E-state index contributed by atoms with van der Waals surface area (Å²) in [6.07, 6.45) is -3.46. The van der Waals surface area contributed by atoms with E-state index in [0.717, 1.165) is 35.0 Å². The van der Waals surface area contributed by atoms with Gasteiger partial charge in [-0.3, -0.25) is 14.2 Å². The first-order valence-corrected chi connectivity index (χ1v) is 7.98. The number of rotatable bonds is 4. The number of nitriles is 1. The lowest BCUT2D eigenvalue weighted by Gasteiger charge is -2.12. The third-order valence-corrected chi connectivity index (χ3v) is 4.00. The summed E-state index contributed by atoms with van der Waals surface area (Å²) >= 11 is 0. The van der Waals surface area contributed by atoms with E-state index in [9.17, 15) is 27.9 Å². The van der Waals surface area contributed by atoms with Crippen LogP contribution in [0.3, 0.4) is 0 Å². The van der Waals surface area contributed by atoms with Gasteiger partial charge in [0, 0.05) is 12.1 Å². The molecule has 0 atom stereocenters. The number of hydrazone groups is 1. The van der Waals surface area contributed by atoms with Gasteiger partial charge >= 0.3 is 6.18 Å². The summed E-state index contributed by atoms with van der Waals surface area (Å²) in [6.45, 7) is 3.15. The second-order valence-corrected chi connectivity index (χ2v) is 5.67. The number of alkyl halides is 3. The fraction of sp³-hybridized carbons (Fsp3) is 0.222. The number of hydrogen-bond acceptors (Lipinski definition) is 5. The van der Waals surface area contributed by atoms with E-state index in [1.807, 2.05) is 0 Å². The molecule has 0 fully saturated rings. The molecule has 1 amide bonds. The molecular formula is C18H15F3N4O3. The van der Waals surface area contributed by atoms with Crippen LogP contribution in [0.2, 0.25) is 0 Å². The van der Waals surface area contributed by atoms with Gasteiger partial charge in [-0.15, -0.1) is 0 Å².